The normalized spacial score (nSPS) is 14.8. The molecule has 1 unspecified atom stereocenters. The first-order valence-electron chi connectivity index (χ1n) is 32.8. The molecule has 1 atom stereocenters. The number of aliphatic hydroxyl groups is 5. The Bertz CT molecular complexity index is 4090. The molecule has 0 fully saturated rings. The molecule has 0 heterocycles. The molecule has 668 valence electrons. The number of alkyl halides is 30. The van der Waals surface area contributed by atoms with Crippen molar-refractivity contribution >= 4 is 16.1 Å². The van der Waals surface area contributed by atoms with Crippen molar-refractivity contribution in [1.29, 1.82) is 0 Å². The lowest BCUT2D eigenvalue weighted by atomic mass is 9.83. The summed E-state index contributed by atoms with van der Waals surface area (Å²) in [5.41, 5.74) is -53.4. The number of hydrogen-bond acceptors (Lipinski definition) is 8. The number of rotatable bonds is 31. The molecule has 52 heteroatoms. The number of phenols is 3. The minimum Gasteiger partial charge on any atom is -0.503 e. The summed E-state index contributed by atoms with van der Waals surface area (Å²) in [5.74, 6) is -38.2. The summed E-state index contributed by atoms with van der Waals surface area (Å²) in [7, 11) is -10.2. The van der Waals surface area contributed by atoms with Gasteiger partial charge in [-0.3, -0.25) is 0 Å². The largest absolute Gasteiger partial charge is 0.503 e. The van der Waals surface area contributed by atoms with Gasteiger partial charge in [0.05, 0.1) is 16.1 Å². The fourth-order valence-corrected chi connectivity index (χ4v) is 23.5. The van der Waals surface area contributed by atoms with Gasteiger partial charge >= 0.3 is 61.8 Å². The molecule has 0 radical (unpaired) electrons. The summed E-state index contributed by atoms with van der Waals surface area (Å²) < 4.78 is 615. The zero-order valence-corrected chi connectivity index (χ0v) is 60.0. The summed E-state index contributed by atoms with van der Waals surface area (Å²) in [6.07, 6.45) is -91.1. The summed E-state index contributed by atoms with van der Waals surface area (Å²) in [5, 5.41) is 80.3. The second-order valence-electron chi connectivity index (χ2n) is 27.4. The van der Waals surface area contributed by atoms with Crippen molar-refractivity contribution in [2.24, 2.45) is 0 Å². The molecular formula is C66H54F42O8Si2. The van der Waals surface area contributed by atoms with Crippen molar-refractivity contribution in [3.63, 3.8) is 0 Å². The van der Waals surface area contributed by atoms with E-state index in [1.165, 1.54) is 0 Å². The predicted molar refractivity (Wildman–Crippen MR) is 323 cm³/mol. The van der Waals surface area contributed by atoms with Crippen molar-refractivity contribution in [3.8, 4) is 17.2 Å². The van der Waals surface area contributed by atoms with Gasteiger partial charge in [-0.15, -0.1) is 0 Å². The van der Waals surface area contributed by atoms with Gasteiger partial charge in [-0.25, -0.2) is 26.3 Å². The quantitative estimate of drug-likeness (QED) is 0.0124. The molecule has 8 nitrogen and oxygen atoms in total. The smallest absolute Gasteiger partial charge is 0.430 e. The van der Waals surface area contributed by atoms with Crippen LogP contribution in [-0.4, -0.2) is 124 Å². The third-order valence-electron chi connectivity index (χ3n) is 19.8. The number of hydrogen-bond donors (Lipinski definition) is 8. The van der Waals surface area contributed by atoms with Gasteiger partial charge in [0.1, 0.15) is 0 Å². The van der Waals surface area contributed by atoms with Crippen molar-refractivity contribution in [3.05, 3.63) is 168 Å². The van der Waals surface area contributed by atoms with Crippen LogP contribution in [0.2, 0.25) is 42.3 Å². The third kappa shape index (κ3) is 19.5. The van der Waals surface area contributed by atoms with Crippen LogP contribution in [0.4, 0.5) is 184 Å². The van der Waals surface area contributed by atoms with Crippen LogP contribution < -0.4 is 0 Å². The standard InChI is InChI=1S/C66H54F42O8Si2/c67-37-34(38(68)44(74)49(109)43(37)73)10-3-16-117(17-4-11-35-39(69)45(75)50(110)46(76)40(35)70,14-1-8-28-22-30(53(113,59(85,86)87)60(88,89)90)26-31(23-28)54(114,61(91,92)93)62(94,95)96)20-7-21-118(19-6-13-52(112,57(79,80)81)58(82,83)84,18-5-12-36-41(71)47(77)51(111)48(78)42(36)72)15-2-9-29-24-32(55(115,63(97,98)99)64(100,101)102)27-33(25-29)56(116,65(103,104)105)66(106,107)108/h6,19,22-27,109-116H,1-5,7-18,20-21H2/b19-6+. The fourth-order valence-electron chi connectivity index (χ4n) is 13.4. The van der Waals surface area contributed by atoms with Crippen LogP contribution in [0.25, 0.3) is 0 Å². The van der Waals surface area contributed by atoms with E-state index in [-0.39, 0.29) is 11.8 Å². The van der Waals surface area contributed by atoms with E-state index < -0.39 is 399 Å². The molecule has 5 aromatic carbocycles. The molecule has 0 spiro atoms. The SMILES string of the molecule is Oc1c(F)c(F)c(CCC[Si](/C=C/CC(O)(C(F)(F)F)C(F)(F)F)(CCCc2cc(C(O)(C(F)(F)F)C(F)(F)F)cc(C(O)(C(F)(F)F)C(F)(F)F)c2)CCC[Si](CCCc2cc(C(O)(C(F)(F)F)C(F)(F)F)cc(C(O)(C(F)(F)F)C(F)(F)F)c2)(CCCc2c(F)c(F)c(O)c(F)c2F)CCCc2c(F)c(F)c(O)c(F)c2F)c(F)c1F. The number of aromatic hydroxyl groups is 3. The molecule has 5 rings (SSSR count). The number of aryl methyl sites for hydroxylation is 2. The van der Waals surface area contributed by atoms with Crippen LogP contribution in [0.5, 0.6) is 17.2 Å². The van der Waals surface area contributed by atoms with Crippen LogP contribution in [0, 0.1) is 69.8 Å². The van der Waals surface area contributed by atoms with Gasteiger partial charge in [-0.1, -0.05) is 117 Å². The number of benzene rings is 5. The van der Waals surface area contributed by atoms with Gasteiger partial charge in [-0.2, -0.15) is 158 Å². The van der Waals surface area contributed by atoms with Gasteiger partial charge in [0.2, 0.25) is 34.9 Å². The topological polar surface area (TPSA) is 162 Å². The molecule has 0 bridgehead atoms. The number of halogens is 42. The van der Waals surface area contributed by atoms with Gasteiger partial charge in [0, 0.05) is 45.4 Å². The van der Waals surface area contributed by atoms with Crippen LogP contribution in [0.3, 0.4) is 0 Å². The number of phenolic OH excluding ortho intramolecular Hbond substituents is 3. The Morgan fingerprint density at radius 3 is 0.661 bits per heavy atom. The molecule has 0 amide bonds. The van der Waals surface area contributed by atoms with Gasteiger partial charge in [-0.05, 0) is 55.4 Å². The molecule has 8 N–H and O–H groups in total. The minimum atomic E-state index is -7.30. The predicted octanol–water partition coefficient (Wildman–Crippen LogP) is 21.8. The van der Waals surface area contributed by atoms with E-state index in [0.717, 1.165) is 0 Å². The lowest BCUT2D eigenvalue weighted by Crippen LogP contribution is -2.56. The van der Waals surface area contributed by atoms with Crippen molar-refractivity contribution < 1.29 is 225 Å². The maximum absolute atomic E-state index is 15.5. The lowest BCUT2D eigenvalue weighted by Gasteiger charge is -2.37. The van der Waals surface area contributed by atoms with E-state index >= 15 is 26.3 Å². The molecule has 0 saturated heterocycles. The van der Waals surface area contributed by atoms with E-state index in [4.69, 9.17) is 0 Å². The van der Waals surface area contributed by atoms with Gasteiger partial charge in [0.25, 0.3) is 28.0 Å². The van der Waals surface area contributed by atoms with Crippen molar-refractivity contribution in [2.45, 2.75) is 209 Å². The summed E-state index contributed by atoms with van der Waals surface area (Å²) >= 11 is 0. The van der Waals surface area contributed by atoms with E-state index in [1.807, 2.05) is 0 Å². The Labute approximate surface area is 634 Å². The van der Waals surface area contributed by atoms with E-state index in [0.29, 0.717) is 0 Å². The second kappa shape index (κ2) is 34.4. The Kier molecular flexibility index (Phi) is 29.5. The lowest BCUT2D eigenvalue weighted by molar-refractivity contribution is -0.379. The van der Waals surface area contributed by atoms with Crippen molar-refractivity contribution in [1.82, 2.24) is 0 Å². The highest BCUT2D eigenvalue weighted by Gasteiger charge is 2.77. The Morgan fingerprint density at radius 1 is 0.246 bits per heavy atom. The first kappa shape index (κ1) is 101. The van der Waals surface area contributed by atoms with E-state index in [2.05, 4.69) is 0 Å². The Hall–Kier alpha value is -7.47. The molecule has 0 aliphatic rings. The molecule has 0 aliphatic heterocycles. The molecule has 0 saturated carbocycles. The van der Waals surface area contributed by atoms with Crippen LogP contribution in [0.15, 0.2) is 48.2 Å². The highest BCUT2D eigenvalue weighted by molar-refractivity contribution is 6.85. The van der Waals surface area contributed by atoms with E-state index in [9.17, 15) is 199 Å². The average molecular weight is 1830 g/mol. The monoisotopic (exact) mass is 1830 g/mol. The third-order valence-corrected chi connectivity index (χ3v) is 30.5. The minimum absolute atomic E-state index is 0.166. The van der Waals surface area contributed by atoms with Crippen LogP contribution >= 0.6 is 0 Å². The molecule has 5 aromatic rings. The van der Waals surface area contributed by atoms with E-state index in [1.54, 1.807) is 0 Å². The highest BCUT2D eigenvalue weighted by Crippen LogP contribution is 2.58. The molecule has 0 aliphatic carbocycles. The molecule has 0 aromatic heterocycles. The first-order valence-corrected chi connectivity index (χ1v) is 38.3. The maximum Gasteiger partial charge on any atom is 0.430 e. The highest BCUT2D eigenvalue weighted by atomic mass is 28.3. The molecular weight excluding hydrogens is 1770 g/mol. The Balaban J connectivity index is 1.95. The average Bonchev–Trinajstić information content (AvgIpc) is 0.725. The first-order chi connectivity index (χ1) is 52.9. The maximum atomic E-state index is 15.5. The summed E-state index contributed by atoms with van der Waals surface area (Å²) in [6, 6.07) is -13.8. The fraction of sp³-hybridized carbons (Fsp3) is 0.515. The summed E-state index contributed by atoms with van der Waals surface area (Å²) in [4.78, 5) is 0. The zero-order chi connectivity index (χ0) is 91.4. The van der Waals surface area contributed by atoms with Crippen LogP contribution in [-0.2, 0) is 54.5 Å². The zero-order valence-electron chi connectivity index (χ0n) is 58.0. The molecule has 118 heavy (non-hydrogen) atoms. The van der Waals surface area contributed by atoms with Gasteiger partial charge in [0.15, 0.2) is 52.2 Å². The summed E-state index contributed by atoms with van der Waals surface area (Å²) in [6.45, 7) is 0. The Morgan fingerprint density at radius 2 is 0.441 bits per heavy atom. The van der Waals surface area contributed by atoms with Gasteiger partial charge < -0.3 is 40.9 Å². The second-order valence-corrected chi connectivity index (χ2v) is 36.9. The van der Waals surface area contributed by atoms with Crippen molar-refractivity contribution in [2.75, 3.05) is 0 Å². The van der Waals surface area contributed by atoms with Crippen LogP contribution in [0.1, 0.15) is 95.0 Å².